The lowest BCUT2D eigenvalue weighted by atomic mass is 9.48. The third kappa shape index (κ3) is 1.59. The van der Waals surface area contributed by atoms with Crippen LogP contribution in [0, 0.1) is 17.8 Å². The molecule has 0 radical (unpaired) electrons. The molecule has 4 saturated carbocycles. The molecular formula is C19H23NO. The number of benzene rings is 1. The summed E-state index contributed by atoms with van der Waals surface area (Å²) in [6.07, 6.45) is 11.1. The molecule has 4 aliphatic carbocycles. The zero-order valence-corrected chi connectivity index (χ0v) is 12.7. The summed E-state index contributed by atoms with van der Waals surface area (Å²) in [6, 6.07) is 6.48. The molecule has 6 rings (SSSR count). The number of hydrogen-bond acceptors (Lipinski definition) is 1. The first kappa shape index (κ1) is 12.1. The van der Waals surface area contributed by atoms with Crippen LogP contribution in [-0.2, 0) is 5.41 Å². The van der Waals surface area contributed by atoms with E-state index in [1.807, 2.05) is 0 Å². The van der Waals surface area contributed by atoms with Crippen LogP contribution in [0.3, 0.4) is 0 Å². The maximum Gasteiger partial charge on any atom is 0.142 e. The lowest BCUT2D eigenvalue weighted by molar-refractivity contribution is -0.00449. The van der Waals surface area contributed by atoms with Gasteiger partial charge in [-0.1, -0.05) is 12.1 Å². The van der Waals surface area contributed by atoms with Crippen LogP contribution in [0.2, 0.25) is 0 Å². The number of fused-ring (bicyclic) bond motifs is 1. The molecule has 1 N–H and O–H groups in total. The number of aromatic amines is 1. The first-order valence-corrected chi connectivity index (χ1v) is 8.42. The van der Waals surface area contributed by atoms with Crippen molar-refractivity contribution >= 4 is 10.9 Å². The van der Waals surface area contributed by atoms with Crippen LogP contribution in [0.4, 0.5) is 0 Å². The fourth-order valence-corrected chi connectivity index (χ4v) is 6.18. The molecule has 0 unspecified atom stereocenters. The summed E-state index contributed by atoms with van der Waals surface area (Å²) >= 11 is 0. The van der Waals surface area contributed by atoms with Crippen molar-refractivity contribution < 1.29 is 4.74 Å². The van der Waals surface area contributed by atoms with Crippen molar-refractivity contribution in [2.75, 3.05) is 7.11 Å². The Hall–Kier alpha value is -1.44. The van der Waals surface area contributed by atoms with E-state index in [1.165, 1.54) is 49.4 Å². The average Bonchev–Trinajstić information content (AvgIpc) is 2.90. The Balaban J connectivity index is 1.67. The molecule has 1 aromatic carbocycles. The summed E-state index contributed by atoms with van der Waals surface area (Å²) in [7, 11) is 1.76. The lowest BCUT2D eigenvalue weighted by Crippen LogP contribution is -2.48. The maximum absolute atomic E-state index is 5.53. The largest absolute Gasteiger partial charge is 0.495 e. The second kappa shape index (κ2) is 4.06. The molecule has 2 heteroatoms. The van der Waals surface area contributed by atoms with E-state index < -0.39 is 0 Å². The second-order valence-corrected chi connectivity index (χ2v) is 7.78. The standard InChI is InChI=1S/C19H23NO/c1-21-17-4-2-3-15-16(11-20-18(15)17)19-8-12-5-13(9-19)7-14(6-12)10-19/h2-4,11-14,20H,5-10H2,1H3. The van der Waals surface area contributed by atoms with Crippen molar-refractivity contribution in [3.8, 4) is 5.75 Å². The van der Waals surface area contributed by atoms with Gasteiger partial charge in [-0.05, 0) is 73.3 Å². The Bertz CT molecular complexity index is 663. The smallest absolute Gasteiger partial charge is 0.142 e. The number of nitrogens with one attached hydrogen (secondary N) is 1. The first-order chi connectivity index (χ1) is 10.3. The van der Waals surface area contributed by atoms with Crippen molar-refractivity contribution in [2.45, 2.75) is 43.9 Å². The van der Waals surface area contributed by atoms with E-state index in [9.17, 15) is 0 Å². The molecule has 2 aromatic rings. The summed E-state index contributed by atoms with van der Waals surface area (Å²) in [4.78, 5) is 3.51. The predicted octanol–water partition coefficient (Wildman–Crippen LogP) is 4.64. The van der Waals surface area contributed by atoms with Crippen LogP contribution in [0.15, 0.2) is 24.4 Å². The van der Waals surface area contributed by atoms with Gasteiger partial charge in [-0.25, -0.2) is 0 Å². The Morgan fingerprint density at radius 3 is 2.33 bits per heavy atom. The summed E-state index contributed by atoms with van der Waals surface area (Å²) in [5.41, 5.74) is 3.22. The third-order valence-corrected chi connectivity index (χ3v) is 6.51. The molecule has 110 valence electrons. The van der Waals surface area contributed by atoms with E-state index in [-0.39, 0.29) is 0 Å². The van der Waals surface area contributed by atoms with E-state index in [1.54, 1.807) is 12.7 Å². The van der Waals surface area contributed by atoms with Crippen LogP contribution < -0.4 is 4.74 Å². The summed E-state index contributed by atoms with van der Waals surface area (Å²) in [5.74, 6) is 3.95. The Labute approximate surface area is 125 Å². The summed E-state index contributed by atoms with van der Waals surface area (Å²) in [6.45, 7) is 0. The number of ether oxygens (including phenoxy) is 1. The highest BCUT2D eigenvalue weighted by atomic mass is 16.5. The Morgan fingerprint density at radius 2 is 1.71 bits per heavy atom. The van der Waals surface area contributed by atoms with Crippen molar-refractivity contribution in [1.29, 1.82) is 0 Å². The zero-order valence-electron chi connectivity index (χ0n) is 12.7. The van der Waals surface area contributed by atoms with Crippen LogP contribution in [0.5, 0.6) is 5.75 Å². The van der Waals surface area contributed by atoms with Crippen molar-refractivity contribution in [3.05, 3.63) is 30.0 Å². The van der Waals surface area contributed by atoms with Crippen molar-refractivity contribution in [3.63, 3.8) is 0 Å². The highest BCUT2D eigenvalue weighted by Gasteiger charge is 2.52. The topological polar surface area (TPSA) is 25.0 Å². The summed E-state index contributed by atoms with van der Waals surface area (Å²) < 4.78 is 5.53. The van der Waals surface area contributed by atoms with Crippen molar-refractivity contribution in [2.24, 2.45) is 17.8 Å². The average molecular weight is 281 g/mol. The molecule has 0 aliphatic heterocycles. The molecule has 21 heavy (non-hydrogen) atoms. The third-order valence-electron chi connectivity index (χ3n) is 6.51. The minimum absolute atomic E-state index is 0.458. The van der Waals surface area contributed by atoms with Gasteiger partial charge in [-0.15, -0.1) is 0 Å². The molecule has 4 fully saturated rings. The van der Waals surface area contributed by atoms with Crippen LogP contribution in [-0.4, -0.2) is 12.1 Å². The number of hydrogen-bond donors (Lipinski definition) is 1. The van der Waals surface area contributed by atoms with Gasteiger partial charge in [0.05, 0.1) is 12.6 Å². The van der Waals surface area contributed by atoms with Gasteiger partial charge in [0.25, 0.3) is 0 Å². The molecule has 1 aromatic heterocycles. The monoisotopic (exact) mass is 281 g/mol. The number of rotatable bonds is 2. The molecule has 1 heterocycles. The molecule has 0 spiro atoms. The minimum atomic E-state index is 0.458. The van der Waals surface area contributed by atoms with Crippen LogP contribution >= 0.6 is 0 Å². The molecule has 0 atom stereocenters. The highest BCUT2D eigenvalue weighted by Crippen LogP contribution is 2.61. The van der Waals surface area contributed by atoms with Crippen LogP contribution in [0.25, 0.3) is 10.9 Å². The summed E-state index contributed by atoms with van der Waals surface area (Å²) in [5, 5.41) is 1.40. The Kier molecular flexibility index (Phi) is 2.34. The van der Waals surface area contributed by atoms with E-state index in [4.69, 9.17) is 4.74 Å². The fraction of sp³-hybridized carbons (Fsp3) is 0.579. The SMILES string of the molecule is COc1cccc2c(C34CC5CC(CC(C5)C3)C4)c[nH]c12. The fourth-order valence-electron chi connectivity index (χ4n) is 6.18. The second-order valence-electron chi connectivity index (χ2n) is 7.78. The van der Waals surface area contributed by atoms with Gasteiger partial charge < -0.3 is 9.72 Å². The van der Waals surface area contributed by atoms with Crippen LogP contribution in [0.1, 0.15) is 44.1 Å². The van der Waals surface area contributed by atoms with Gasteiger partial charge >= 0.3 is 0 Å². The molecule has 4 bridgehead atoms. The molecule has 2 nitrogen and oxygen atoms in total. The Morgan fingerprint density at radius 1 is 1.05 bits per heavy atom. The molecule has 4 aliphatic rings. The van der Waals surface area contributed by atoms with Gasteiger partial charge in [-0.3, -0.25) is 0 Å². The quantitative estimate of drug-likeness (QED) is 0.852. The first-order valence-electron chi connectivity index (χ1n) is 8.42. The van der Waals surface area contributed by atoms with E-state index in [2.05, 4.69) is 29.4 Å². The zero-order chi connectivity index (χ0) is 14.0. The molecule has 0 saturated heterocycles. The molecule has 0 amide bonds. The number of aromatic nitrogens is 1. The van der Waals surface area contributed by atoms with Gasteiger partial charge in [0.1, 0.15) is 5.75 Å². The van der Waals surface area contributed by atoms with E-state index in [0.717, 1.165) is 23.5 Å². The maximum atomic E-state index is 5.53. The minimum Gasteiger partial charge on any atom is -0.495 e. The normalized spacial score (nSPS) is 37.3. The van der Waals surface area contributed by atoms with E-state index >= 15 is 0 Å². The van der Waals surface area contributed by atoms with Crippen molar-refractivity contribution in [1.82, 2.24) is 4.98 Å². The number of para-hydroxylation sites is 1. The van der Waals surface area contributed by atoms with E-state index in [0.29, 0.717) is 5.41 Å². The van der Waals surface area contributed by atoms with Gasteiger partial charge in [0.15, 0.2) is 0 Å². The predicted molar refractivity (Wildman–Crippen MR) is 84.7 cm³/mol. The lowest BCUT2D eigenvalue weighted by Gasteiger charge is -2.57. The van der Waals surface area contributed by atoms with Gasteiger partial charge in [0.2, 0.25) is 0 Å². The number of H-pyrrole nitrogens is 1. The van der Waals surface area contributed by atoms with Gasteiger partial charge in [0, 0.05) is 11.6 Å². The molecular weight excluding hydrogens is 258 g/mol. The highest BCUT2D eigenvalue weighted by molar-refractivity contribution is 5.89. The number of methoxy groups -OCH3 is 1. The van der Waals surface area contributed by atoms with Gasteiger partial charge in [-0.2, -0.15) is 0 Å².